The smallest absolute Gasteiger partial charge is 0.222 e. The Morgan fingerprint density at radius 1 is 1.22 bits per heavy atom. The number of nitrogens with one attached hydrogen (secondary N) is 1. The zero-order valence-corrected chi connectivity index (χ0v) is 15.3. The fraction of sp³-hybridized carbons (Fsp3) is 0.929. The van der Waals surface area contributed by atoms with Gasteiger partial charge in [-0.3, -0.25) is 4.79 Å². The highest BCUT2D eigenvalue weighted by Gasteiger charge is 2.38. The normalized spacial score (nSPS) is 25.9. The van der Waals surface area contributed by atoms with Crippen molar-refractivity contribution < 1.29 is 21.6 Å². The van der Waals surface area contributed by atoms with E-state index in [9.17, 15) is 21.6 Å². The van der Waals surface area contributed by atoms with Crippen LogP contribution in [0, 0.1) is 5.92 Å². The van der Waals surface area contributed by atoms with Crippen molar-refractivity contribution in [3.05, 3.63) is 0 Å². The molecule has 0 aromatic rings. The van der Waals surface area contributed by atoms with E-state index in [4.69, 9.17) is 0 Å². The molecule has 2 aliphatic heterocycles. The molecule has 0 aromatic carbocycles. The molecule has 2 fully saturated rings. The summed E-state index contributed by atoms with van der Waals surface area (Å²) in [6, 6.07) is -0.216. The monoisotopic (exact) mass is 366 g/mol. The van der Waals surface area contributed by atoms with Crippen LogP contribution >= 0.6 is 0 Å². The summed E-state index contributed by atoms with van der Waals surface area (Å²) in [6.07, 6.45) is 1.82. The lowest BCUT2D eigenvalue weighted by Crippen LogP contribution is -2.48. The first-order valence-corrected chi connectivity index (χ1v) is 11.4. The Morgan fingerprint density at radius 2 is 1.83 bits per heavy atom. The highest BCUT2D eigenvalue weighted by Crippen LogP contribution is 2.20. The van der Waals surface area contributed by atoms with Crippen molar-refractivity contribution in [2.24, 2.45) is 5.92 Å². The number of carbonyl (C=O) groups is 1. The van der Waals surface area contributed by atoms with Crippen LogP contribution in [0.4, 0.5) is 0 Å². The minimum Gasteiger partial charge on any atom is -0.343 e. The largest absolute Gasteiger partial charge is 0.343 e. The topological polar surface area (TPSA) is 101 Å². The van der Waals surface area contributed by atoms with Crippen LogP contribution in [-0.2, 0) is 24.7 Å². The lowest BCUT2D eigenvalue weighted by molar-refractivity contribution is -0.133. The molecule has 7 nitrogen and oxygen atoms in total. The van der Waals surface area contributed by atoms with E-state index in [-0.39, 0.29) is 29.9 Å². The molecule has 0 spiro atoms. The third-order valence-electron chi connectivity index (χ3n) is 4.39. The minimum absolute atomic E-state index is 0.0548. The van der Waals surface area contributed by atoms with E-state index in [1.165, 1.54) is 0 Å². The molecule has 1 unspecified atom stereocenters. The number of sulfone groups is 1. The number of piperidine rings is 1. The summed E-state index contributed by atoms with van der Waals surface area (Å²) >= 11 is 0. The first-order chi connectivity index (χ1) is 10.6. The molecule has 2 rings (SSSR count). The van der Waals surface area contributed by atoms with E-state index in [0.29, 0.717) is 38.3 Å². The summed E-state index contributed by atoms with van der Waals surface area (Å²) in [7, 11) is -6.84. The number of rotatable bonds is 5. The molecular weight excluding hydrogens is 340 g/mol. The van der Waals surface area contributed by atoms with E-state index in [2.05, 4.69) is 4.72 Å². The Labute approximate surface area is 138 Å². The quantitative estimate of drug-likeness (QED) is 0.745. The van der Waals surface area contributed by atoms with Gasteiger partial charge < -0.3 is 4.90 Å². The Kier molecular flexibility index (Phi) is 5.73. The standard InChI is InChI=1S/C14H26N2O5S2/c1-11(2)9-14(17)16-6-3-12(4-7-16)15-23(20,21)13-5-8-22(18,19)10-13/h11-13,15H,3-10H2,1-2H3. The van der Waals surface area contributed by atoms with Gasteiger partial charge in [-0.1, -0.05) is 13.8 Å². The van der Waals surface area contributed by atoms with Crippen molar-refractivity contribution in [3.8, 4) is 0 Å². The van der Waals surface area contributed by atoms with Crippen LogP contribution < -0.4 is 4.72 Å². The summed E-state index contributed by atoms with van der Waals surface area (Å²) in [5, 5.41) is -0.840. The Morgan fingerprint density at radius 3 is 2.30 bits per heavy atom. The first kappa shape index (κ1) is 18.7. The first-order valence-electron chi connectivity index (χ1n) is 8.08. The Balaban J connectivity index is 1.85. The Bertz CT molecular complexity index is 634. The molecule has 1 N–H and O–H groups in total. The molecular formula is C14H26N2O5S2. The van der Waals surface area contributed by atoms with Crippen LogP contribution in [0.5, 0.6) is 0 Å². The van der Waals surface area contributed by atoms with Crippen LogP contribution in [0.2, 0.25) is 0 Å². The number of sulfonamides is 1. The summed E-state index contributed by atoms with van der Waals surface area (Å²) in [6.45, 7) is 5.08. The van der Waals surface area contributed by atoms with Crippen molar-refractivity contribution in [1.29, 1.82) is 0 Å². The van der Waals surface area contributed by atoms with Gasteiger partial charge in [-0.2, -0.15) is 0 Å². The van der Waals surface area contributed by atoms with Crippen LogP contribution in [0.1, 0.15) is 39.5 Å². The van der Waals surface area contributed by atoms with Crippen molar-refractivity contribution >= 4 is 25.8 Å². The molecule has 23 heavy (non-hydrogen) atoms. The fourth-order valence-corrected chi connectivity index (χ4v) is 7.41. The van der Waals surface area contributed by atoms with Gasteiger partial charge in [-0.05, 0) is 25.2 Å². The van der Waals surface area contributed by atoms with Gasteiger partial charge in [0, 0.05) is 25.6 Å². The maximum Gasteiger partial charge on any atom is 0.222 e. The molecule has 0 saturated carbocycles. The molecule has 0 aliphatic carbocycles. The van der Waals surface area contributed by atoms with Crippen molar-refractivity contribution in [1.82, 2.24) is 9.62 Å². The zero-order valence-electron chi connectivity index (χ0n) is 13.7. The van der Waals surface area contributed by atoms with Gasteiger partial charge in [0.05, 0.1) is 16.8 Å². The van der Waals surface area contributed by atoms with Gasteiger partial charge in [0.25, 0.3) is 0 Å². The number of hydrogen-bond acceptors (Lipinski definition) is 5. The molecule has 2 heterocycles. The number of carbonyl (C=O) groups excluding carboxylic acids is 1. The number of likely N-dealkylation sites (tertiary alicyclic amines) is 1. The summed E-state index contributed by atoms with van der Waals surface area (Å²) < 4.78 is 50.1. The predicted molar refractivity (Wildman–Crippen MR) is 88.2 cm³/mol. The molecule has 0 radical (unpaired) electrons. The van der Waals surface area contributed by atoms with Crippen LogP contribution in [0.15, 0.2) is 0 Å². The highest BCUT2D eigenvalue weighted by atomic mass is 32.2. The van der Waals surface area contributed by atoms with Gasteiger partial charge >= 0.3 is 0 Å². The maximum absolute atomic E-state index is 12.3. The molecule has 9 heteroatoms. The SMILES string of the molecule is CC(C)CC(=O)N1CCC(NS(=O)(=O)C2CCS(=O)(=O)C2)CC1. The predicted octanol–water partition coefficient (Wildman–Crippen LogP) is 0.130. The van der Waals surface area contributed by atoms with Crippen LogP contribution in [-0.4, -0.2) is 63.5 Å². The lowest BCUT2D eigenvalue weighted by atomic mass is 10.0. The second-order valence-electron chi connectivity index (χ2n) is 6.94. The molecule has 134 valence electrons. The molecule has 1 atom stereocenters. The minimum atomic E-state index is -3.62. The van der Waals surface area contributed by atoms with E-state index in [1.807, 2.05) is 13.8 Å². The van der Waals surface area contributed by atoms with E-state index in [0.717, 1.165) is 0 Å². The highest BCUT2D eigenvalue weighted by molar-refractivity contribution is 7.95. The average Bonchev–Trinajstić information content (AvgIpc) is 2.79. The van der Waals surface area contributed by atoms with E-state index >= 15 is 0 Å². The van der Waals surface area contributed by atoms with E-state index in [1.54, 1.807) is 4.90 Å². The zero-order chi connectivity index (χ0) is 17.3. The molecule has 1 amide bonds. The molecule has 0 bridgehead atoms. The van der Waals surface area contributed by atoms with Crippen LogP contribution in [0.25, 0.3) is 0 Å². The summed E-state index contributed by atoms with van der Waals surface area (Å²) in [5.74, 6) is 0.0839. The fourth-order valence-electron chi connectivity index (χ4n) is 3.06. The summed E-state index contributed by atoms with van der Waals surface area (Å²) in [4.78, 5) is 13.8. The maximum atomic E-state index is 12.3. The third-order valence-corrected chi connectivity index (χ3v) is 8.31. The van der Waals surface area contributed by atoms with Gasteiger partial charge in [0.15, 0.2) is 9.84 Å². The van der Waals surface area contributed by atoms with Gasteiger partial charge in [-0.15, -0.1) is 0 Å². The van der Waals surface area contributed by atoms with Gasteiger partial charge in [0.2, 0.25) is 15.9 Å². The van der Waals surface area contributed by atoms with Crippen molar-refractivity contribution in [2.45, 2.75) is 50.8 Å². The van der Waals surface area contributed by atoms with Gasteiger partial charge in [-0.25, -0.2) is 21.6 Å². The average molecular weight is 367 g/mol. The second kappa shape index (κ2) is 7.06. The number of nitrogens with zero attached hydrogens (tertiary/aromatic N) is 1. The van der Waals surface area contributed by atoms with Gasteiger partial charge in [0.1, 0.15) is 0 Å². The third kappa shape index (κ3) is 5.15. The lowest BCUT2D eigenvalue weighted by Gasteiger charge is -2.33. The molecule has 0 aromatic heterocycles. The number of amides is 1. The molecule has 2 saturated heterocycles. The Hall–Kier alpha value is -0.670. The summed E-state index contributed by atoms with van der Waals surface area (Å²) in [5.41, 5.74) is 0. The van der Waals surface area contributed by atoms with E-state index < -0.39 is 25.1 Å². The van der Waals surface area contributed by atoms with Crippen molar-refractivity contribution in [2.75, 3.05) is 24.6 Å². The van der Waals surface area contributed by atoms with Crippen molar-refractivity contribution in [3.63, 3.8) is 0 Å². The molecule has 2 aliphatic rings. The number of hydrogen-bond donors (Lipinski definition) is 1. The second-order valence-corrected chi connectivity index (χ2v) is 11.2. The van der Waals surface area contributed by atoms with Crippen LogP contribution in [0.3, 0.4) is 0 Å².